The summed E-state index contributed by atoms with van der Waals surface area (Å²) in [6.45, 7) is 7.90. The third kappa shape index (κ3) is 7.45. The third-order valence-electron chi connectivity index (χ3n) is 2.73. The first-order chi connectivity index (χ1) is 8.18. The molecule has 1 aromatic carbocycles. The maximum atomic E-state index is 3.50. The molecular formula is C15H25NS. The van der Waals surface area contributed by atoms with Gasteiger partial charge in [0, 0.05) is 10.9 Å². The van der Waals surface area contributed by atoms with Crippen molar-refractivity contribution >= 4 is 11.8 Å². The summed E-state index contributed by atoms with van der Waals surface area (Å²) in [6, 6.07) is 11.3. The van der Waals surface area contributed by atoms with Crippen LogP contribution in [0.5, 0.6) is 0 Å². The molecule has 1 atom stereocenters. The zero-order chi connectivity index (χ0) is 12.5. The first-order valence-corrected chi connectivity index (χ1v) is 7.58. The standard InChI is InChI=1S/C15H25NS/c1-13(2)16-12-14(3)8-7-11-17-15-9-5-4-6-10-15/h4-6,9-10,13-14,16H,7-8,11-12H2,1-3H3. The fraction of sp³-hybridized carbons (Fsp3) is 0.600. The van der Waals surface area contributed by atoms with Crippen LogP contribution in [0, 0.1) is 5.92 Å². The van der Waals surface area contributed by atoms with Crippen LogP contribution in [0.25, 0.3) is 0 Å². The van der Waals surface area contributed by atoms with Crippen molar-refractivity contribution in [2.45, 2.75) is 44.6 Å². The van der Waals surface area contributed by atoms with E-state index in [2.05, 4.69) is 56.4 Å². The highest BCUT2D eigenvalue weighted by molar-refractivity contribution is 7.99. The molecule has 96 valence electrons. The molecule has 0 amide bonds. The van der Waals surface area contributed by atoms with Crippen LogP contribution >= 0.6 is 11.8 Å². The van der Waals surface area contributed by atoms with Crippen molar-refractivity contribution in [3.8, 4) is 0 Å². The minimum atomic E-state index is 0.608. The van der Waals surface area contributed by atoms with Crippen molar-refractivity contribution in [1.29, 1.82) is 0 Å². The third-order valence-corrected chi connectivity index (χ3v) is 3.83. The molecule has 0 aromatic heterocycles. The van der Waals surface area contributed by atoms with E-state index >= 15 is 0 Å². The van der Waals surface area contributed by atoms with Crippen LogP contribution in [0.2, 0.25) is 0 Å². The smallest absolute Gasteiger partial charge is 0.00719 e. The second-order valence-electron chi connectivity index (χ2n) is 4.97. The van der Waals surface area contributed by atoms with Gasteiger partial charge < -0.3 is 5.32 Å². The quantitative estimate of drug-likeness (QED) is 0.549. The first-order valence-electron chi connectivity index (χ1n) is 6.59. The maximum Gasteiger partial charge on any atom is 0.00719 e. The Kier molecular flexibility index (Phi) is 7.38. The van der Waals surface area contributed by atoms with E-state index in [0.717, 1.165) is 12.5 Å². The van der Waals surface area contributed by atoms with Gasteiger partial charge in [-0.3, -0.25) is 0 Å². The zero-order valence-corrected chi connectivity index (χ0v) is 12.1. The van der Waals surface area contributed by atoms with Crippen molar-refractivity contribution < 1.29 is 0 Å². The molecule has 0 fully saturated rings. The van der Waals surface area contributed by atoms with Gasteiger partial charge in [-0.15, -0.1) is 11.8 Å². The van der Waals surface area contributed by atoms with Crippen LogP contribution in [0.4, 0.5) is 0 Å². The van der Waals surface area contributed by atoms with E-state index in [0.29, 0.717) is 6.04 Å². The van der Waals surface area contributed by atoms with E-state index in [1.165, 1.54) is 23.5 Å². The lowest BCUT2D eigenvalue weighted by atomic mass is 10.1. The van der Waals surface area contributed by atoms with Crippen LogP contribution in [-0.4, -0.2) is 18.3 Å². The lowest BCUT2D eigenvalue weighted by molar-refractivity contribution is 0.451. The molecule has 0 aliphatic rings. The predicted molar refractivity (Wildman–Crippen MR) is 78.7 cm³/mol. The van der Waals surface area contributed by atoms with Crippen LogP contribution in [-0.2, 0) is 0 Å². The SMILES string of the molecule is CC(CCCSc1ccccc1)CNC(C)C. The normalized spacial score (nSPS) is 12.9. The van der Waals surface area contributed by atoms with Crippen molar-refractivity contribution in [3.63, 3.8) is 0 Å². The number of thioether (sulfide) groups is 1. The van der Waals surface area contributed by atoms with Crippen LogP contribution in [0.3, 0.4) is 0 Å². The molecule has 0 radical (unpaired) electrons. The summed E-state index contributed by atoms with van der Waals surface area (Å²) in [5.74, 6) is 2.02. The first kappa shape index (κ1) is 14.6. The van der Waals surface area contributed by atoms with Gasteiger partial charge in [-0.1, -0.05) is 39.0 Å². The number of benzene rings is 1. The Labute approximate surface area is 110 Å². The Morgan fingerprint density at radius 1 is 1.12 bits per heavy atom. The van der Waals surface area contributed by atoms with E-state index in [-0.39, 0.29) is 0 Å². The Hall–Kier alpha value is -0.470. The molecule has 1 rings (SSSR count). The Morgan fingerprint density at radius 3 is 2.47 bits per heavy atom. The summed E-state index contributed by atoms with van der Waals surface area (Å²) >= 11 is 1.97. The van der Waals surface area contributed by atoms with Gasteiger partial charge in [0.1, 0.15) is 0 Å². The van der Waals surface area contributed by atoms with Gasteiger partial charge in [-0.05, 0) is 43.2 Å². The number of nitrogens with one attached hydrogen (secondary N) is 1. The predicted octanol–water partition coefficient (Wildman–Crippen LogP) is 4.19. The molecule has 0 aliphatic heterocycles. The lowest BCUT2D eigenvalue weighted by Crippen LogP contribution is -2.27. The highest BCUT2D eigenvalue weighted by Crippen LogP contribution is 2.19. The fourth-order valence-electron chi connectivity index (χ4n) is 1.68. The molecule has 0 saturated heterocycles. The van der Waals surface area contributed by atoms with Crippen molar-refractivity contribution in [3.05, 3.63) is 30.3 Å². The second-order valence-corrected chi connectivity index (χ2v) is 6.14. The van der Waals surface area contributed by atoms with Gasteiger partial charge in [-0.2, -0.15) is 0 Å². The molecule has 1 unspecified atom stereocenters. The van der Waals surface area contributed by atoms with Gasteiger partial charge in [0.2, 0.25) is 0 Å². The molecule has 0 heterocycles. The summed E-state index contributed by atoms with van der Waals surface area (Å²) < 4.78 is 0. The Bertz CT molecular complexity index is 284. The molecule has 0 saturated carbocycles. The van der Waals surface area contributed by atoms with Gasteiger partial charge in [0.15, 0.2) is 0 Å². The molecule has 2 heteroatoms. The minimum Gasteiger partial charge on any atom is -0.314 e. The molecule has 1 N–H and O–H groups in total. The van der Waals surface area contributed by atoms with E-state index < -0.39 is 0 Å². The van der Waals surface area contributed by atoms with E-state index in [4.69, 9.17) is 0 Å². The van der Waals surface area contributed by atoms with Crippen LogP contribution in [0.1, 0.15) is 33.6 Å². The number of hydrogen-bond acceptors (Lipinski definition) is 2. The van der Waals surface area contributed by atoms with Gasteiger partial charge in [-0.25, -0.2) is 0 Å². The van der Waals surface area contributed by atoms with Crippen molar-refractivity contribution in [2.24, 2.45) is 5.92 Å². The summed E-state index contributed by atoms with van der Waals surface area (Å²) in [4.78, 5) is 1.39. The van der Waals surface area contributed by atoms with Gasteiger partial charge in [0.05, 0.1) is 0 Å². The van der Waals surface area contributed by atoms with Crippen LogP contribution in [0.15, 0.2) is 35.2 Å². The number of rotatable bonds is 8. The molecule has 0 bridgehead atoms. The molecule has 0 spiro atoms. The number of hydrogen-bond donors (Lipinski definition) is 1. The van der Waals surface area contributed by atoms with Gasteiger partial charge in [0.25, 0.3) is 0 Å². The molecule has 1 nitrogen and oxygen atoms in total. The summed E-state index contributed by atoms with van der Waals surface area (Å²) in [6.07, 6.45) is 2.63. The minimum absolute atomic E-state index is 0.608. The molecule has 0 aliphatic carbocycles. The highest BCUT2D eigenvalue weighted by Gasteiger charge is 2.02. The monoisotopic (exact) mass is 251 g/mol. The van der Waals surface area contributed by atoms with Crippen molar-refractivity contribution in [1.82, 2.24) is 5.32 Å². The van der Waals surface area contributed by atoms with Gasteiger partial charge >= 0.3 is 0 Å². The summed E-state index contributed by atoms with van der Waals surface area (Å²) in [5, 5.41) is 3.50. The average molecular weight is 251 g/mol. The average Bonchev–Trinajstić information content (AvgIpc) is 2.33. The summed E-state index contributed by atoms with van der Waals surface area (Å²) in [5.41, 5.74) is 0. The van der Waals surface area contributed by atoms with E-state index in [9.17, 15) is 0 Å². The molecule has 17 heavy (non-hydrogen) atoms. The Balaban J connectivity index is 2.04. The topological polar surface area (TPSA) is 12.0 Å². The van der Waals surface area contributed by atoms with Crippen molar-refractivity contribution in [2.75, 3.05) is 12.3 Å². The molecule has 1 aromatic rings. The summed E-state index contributed by atoms with van der Waals surface area (Å²) in [7, 11) is 0. The zero-order valence-electron chi connectivity index (χ0n) is 11.3. The largest absolute Gasteiger partial charge is 0.314 e. The van der Waals surface area contributed by atoms with E-state index in [1.807, 2.05) is 11.8 Å². The maximum absolute atomic E-state index is 3.50. The molecular weight excluding hydrogens is 226 g/mol. The fourth-order valence-corrected chi connectivity index (χ4v) is 2.57. The Morgan fingerprint density at radius 2 is 1.82 bits per heavy atom. The second kappa shape index (κ2) is 8.60. The highest BCUT2D eigenvalue weighted by atomic mass is 32.2. The lowest BCUT2D eigenvalue weighted by Gasteiger charge is -2.14. The van der Waals surface area contributed by atoms with Crippen LogP contribution < -0.4 is 5.32 Å². The van der Waals surface area contributed by atoms with E-state index in [1.54, 1.807) is 0 Å².